The maximum Gasteiger partial charge on any atom is 0.574 e. The Morgan fingerprint density at radius 1 is 1.30 bits per heavy atom. The third-order valence-electron chi connectivity index (χ3n) is 2.05. The van der Waals surface area contributed by atoms with Gasteiger partial charge in [0.05, 0.1) is 11.1 Å². The van der Waals surface area contributed by atoms with Crippen LogP contribution in [-0.4, -0.2) is 16.6 Å². The summed E-state index contributed by atoms with van der Waals surface area (Å²) in [5.74, 6) is -1.38. The van der Waals surface area contributed by atoms with E-state index in [4.69, 9.17) is 17.3 Å². The van der Waals surface area contributed by atoms with Crippen LogP contribution < -0.4 is 10.5 Å². The minimum absolute atomic E-state index is 0.248. The molecule has 0 bridgehead atoms. The molecule has 1 heterocycles. The van der Waals surface area contributed by atoms with Gasteiger partial charge in [0.1, 0.15) is 0 Å². The Balaban J connectivity index is 3.57. The van der Waals surface area contributed by atoms with Gasteiger partial charge in [-0.25, -0.2) is 4.98 Å². The van der Waals surface area contributed by atoms with Gasteiger partial charge in [-0.1, -0.05) is 0 Å². The highest BCUT2D eigenvalue weighted by Crippen LogP contribution is 2.39. The van der Waals surface area contributed by atoms with Gasteiger partial charge < -0.3 is 10.5 Å². The summed E-state index contributed by atoms with van der Waals surface area (Å²) < 4.78 is 78.1. The quantitative estimate of drug-likeness (QED) is 0.686. The van der Waals surface area contributed by atoms with Gasteiger partial charge in [0.2, 0.25) is 5.88 Å². The van der Waals surface area contributed by atoms with E-state index in [-0.39, 0.29) is 6.20 Å². The largest absolute Gasteiger partial charge is 0.574 e. The number of halogens is 7. The lowest BCUT2D eigenvalue weighted by molar-refractivity contribution is -0.276. The molecule has 0 saturated carbocycles. The van der Waals surface area contributed by atoms with Crippen molar-refractivity contribution in [3.63, 3.8) is 0 Å². The Hall–Kier alpha value is -1.55. The Bertz CT molecular complexity index is 528. The van der Waals surface area contributed by atoms with Crippen LogP contribution in [0.3, 0.4) is 0 Å². The Labute approximate surface area is 112 Å². The van der Waals surface area contributed by atoms with Gasteiger partial charge in [-0.3, -0.25) is 4.79 Å². The summed E-state index contributed by atoms with van der Waals surface area (Å²) in [5.41, 5.74) is 1.08. The molecule has 112 valence electrons. The highest BCUT2D eigenvalue weighted by molar-refractivity contribution is 6.67. The molecule has 0 aromatic carbocycles. The molecule has 0 unspecified atom stereocenters. The third-order valence-corrected chi connectivity index (χ3v) is 2.26. The van der Waals surface area contributed by atoms with E-state index in [9.17, 15) is 31.1 Å². The number of nitrogens with two attached hydrogens (primary N) is 1. The average Bonchev–Trinajstić information content (AvgIpc) is 2.24. The van der Waals surface area contributed by atoms with Crippen molar-refractivity contribution in [2.45, 2.75) is 19.1 Å². The van der Waals surface area contributed by atoms with Crippen molar-refractivity contribution in [3.05, 3.63) is 22.9 Å². The summed E-state index contributed by atoms with van der Waals surface area (Å²) in [6.07, 6.45) is -10.2. The van der Waals surface area contributed by atoms with Gasteiger partial charge in [0, 0.05) is 18.3 Å². The molecule has 0 fully saturated rings. The van der Waals surface area contributed by atoms with Gasteiger partial charge in [0.15, 0.2) is 0 Å². The van der Waals surface area contributed by atoms with E-state index in [1.54, 1.807) is 0 Å². The van der Waals surface area contributed by atoms with Crippen LogP contribution in [0.25, 0.3) is 0 Å². The lowest BCUT2D eigenvalue weighted by Gasteiger charge is -2.18. The van der Waals surface area contributed by atoms with Crippen molar-refractivity contribution in [1.29, 1.82) is 0 Å². The monoisotopic (exact) mass is 322 g/mol. The number of alkyl halides is 6. The van der Waals surface area contributed by atoms with Crippen molar-refractivity contribution in [2.24, 2.45) is 5.73 Å². The number of hydrogen-bond donors (Lipinski definition) is 1. The Morgan fingerprint density at radius 2 is 1.85 bits per heavy atom. The molecule has 11 heteroatoms. The fourth-order valence-corrected chi connectivity index (χ4v) is 1.54. The van der Waals surface area contributed by atoms with Crippen LogP contribution in [0.4, 0.5) is 26.3 Å². The van der Waals surface area contributed by atoms with Gasteiger partial charge in [-0.05, 0) is 11.6 Å². The van der Waals surface area contributed by atoms with Crippen LogP contribution in [0, 0.1) is 0 Å². The van der Waals surface area contributed by atoms with Crippen molar-refractivity contribution >= 4 is 16.8 Å². The minimum Gasteiger partial charge on any atom is -0.388 e. The first-order valence-electron chi connectivity index (χ1n) is 4.72. The molecule has 0 aliphatic heterocycles. The fraction of sp³-hybridized carbons (Fsp3) is 0.333. The van der Waals surface area contributed by atoms with Crippen LogP contribution >= 0.6 is 11.6 Å². The zero-order valence-corrected chi connectivity index (χ0v) is 10.0. The number of nitrogens with zero attached hydrogens (tertiary/aromatic N) is 1. The molecule has 0 radical (unpaired) electrons. The SMILES string of the molecule is NCc1c(OC(F)(F)F)ncc(C(=O)Cl)c1C(F)(F)F. The number of carbonyl (C=O) groups excluding carboxylic acids is 1. The second-order valence-corrected chi connectivity index (χ2v) is 3.70. The van der Waals surface area contributed by atoms with Gasteiger partial charge in [-0.2, -0.15) is 13.2 Å². The molecule has 20 heavy (non-hydrogen) atoms. The molecule has 0 aliphatic rings. The van der Waals surface area contributed by atoms with E-state index in [1.165, 1.54) is 0 Å². The van der Waals surface area contributed by atoms with Crippen molar-refractivity contribution < 1.29 is 35.9 Å². The van der Waals surface area contributed by atoms with E-state index in [1.807, 2.05) is 0 Å². The lowest BCUT2D eigenvalue weighted by atomic mass is 10.0. The van der Waals surface area contributed by atoms with Crippen LogP contribution in [0.15, 0.2) is 6.20 Å². The zero-order valence-electron chi connectivity index (χ0n) is 9.27. The minimum atomic E-state index is -5.26. The lowest BCUT2D eigenvalue weighted by Crippen LogP contribution is -2.23. The summed E-state index contributed by atoms with van der Waals surface area (Å²) in [6, 6.07) is 0. The predicted molar refractivity (Wildman–Crippen MR) is 54.0 cm³/mol. The maximum atomic E-state index is 12.8. The van der Waals surface area contributed by atoms with Crippen LogP contribution in [0.5, 0.6) is 5.88 Å². The number of rotatable bonds is 3. The number of pyridine rings is 1. The van der Waals surface area contributed by atoms with E-state index in [0.717, 1.165) is 0 Å². The first-order valence-corrected chi connectivity index (χ1v) is 5.10. The topological polar surface area (TPSA) is 65.2 Å². The standard InChI is InChI=1S/C9H5ClF6N2O2/c10-6(19)4-2-18-7(20-9(14,15)16)3(1-17)5(4)8(11,12)13/h2H,1,17H2. The smallest absolute Gasteiger partial charge is 0.388 e. The van der Waals surface area contributed by atoms with Crippen LogP contribution in [0.1, 0.15) is 21.5 Å². The first kappa shape index (κ1) is 16.5. The summed E-state index contributed by atoms with van der Waals surface area (Å²) in [5, 5.41) is -1.53. The highest BCUT2D eigenvalue weighted by atomic mass is 35.5. The number of aromatic nitrogens is 1. The normalized spacial score (nSPS) is 12.4. The Kier molecular flexibility index (Phi) is 4.49. The molecule has 2 N–H and O–H groups in total. The second-order valence-electron chi connectivity index (χ2n) is 3.35. The number of carbonyl (C=O) groups is 1. The number of hydrogen-bond acceptors (Lipinski definition) is 4. The molecular formula is C9H5ClF6N2O2. The molecule has 1 aromatic rings. The van der Waals surface area contributed by atoms with E-state index < -0.39 is 46.9 Å². The van der Waals surface area contributed by atoms with Crippen LogP contribution in [-0.2, 0) is 12.7 Å². The van der Waals surface area contributed by atoms with Crippen molar-refractivity contribution in [1.82, 2.24) is 4.98 Å². The molecule has 0 atom stereocenters. The van der Waals surface area contributed by atoms with Crippen LogP contribution in [0.2, 0.25) is 0 Å². The van der Waals surface area contributed by atoms with E-state index in [2.05, 4.69) is 9.72 Å². The molecule has 0 amide bonds. The number of ether oxygens (including phenoxy) is 1. The summed E-state index contributed by atoms with van der Waals surface area (Å²) in [6.45, 7) is -0.981. The molecular weight excluding hydrogens is 318 g/mol. The molecule has 0 spiro atoms. The second kappa shape index (κ2) is 5.44. The summed E-state index contributed by atoms with van der Waals surface area (Å²) in [4.78, 5) is 13.9. The van der Waals surface area contributed by atoms with Crippen molar-refractivity contribution in [2.75, 3.05) is 0 Å². The van der Waals surface area contributed by atoms with Gasteiger partial charge in [0.25, 0.3) is 5.24 Å². The molecule has 0 aliphatic carbocycles. The maximum absolute atomic E-state index is 12.8. The molecule has 4 nitrogen and oxygen atoms in total. The molecule has 0 saturated heterocycles. The van der Waals surface area contributed by atoms with Gasteiger partial charge in [-0.15, -0.1) is 13.2 Å². The molecule has 1 aromatic heterocycles. The first-order chi connectivity index (χ1) is 8.97. The molecule has 1 rings (SSSR count). The van der Waals surface area contributed by atoms with E-state index in [0.29, 0.717) is 0 Å². The third kappa shape index (κ3) is 3.73. The van der Waals surface area contributed by atoms with Gasteiger partial charge >= 0.3 is 12.5 Å². The summed E-state index contributed by atoms with van der Waals surface area (Å²) in [7, 11) is 0. The zero-order chi connectivity index (χ0) is 15.7. The van der Waals surface area contributed by atoms with Crippen molar-refractivity contribution in [3.8, 4) is 5.88 Å². The fourth-order valence-electron chi connectivity index (χ4n) is 1.39. The Morgan fingerprint density at radius 3 is 2.20 bits per heavy atom. The average molecular weight is 323 g/mol. The predicted octanol–water partition coefficient (Wildman–Crippen LogP) is 2.84. The summed E-state index contributed by atoms with van der Waals surface area (Å²) >= 11 is 4.95. The highest BCUT2D eigenvalue weighted by Gasteiger charge is 2.41. The van der Waals surface area contributed by atoms with E-state index >= 15 is 0 Å².